The van der Waals surface area contributed by atoms with Crippen LogP contribution in [0, 0.1) is 60.7 Å². The highest BCUT2D eigenvalue weighted by Crippen LogP contribution is 2.26. The van der Waals surface area contributed by atoms with Gasteiger partial charge in [0, 0.05) is 36.4 Å². The van der Waals surface area contributed by atoms with E-state index in [4.69, 9.17) is 14.2 Å². The molecule has 0 spiro atoms. The van der Waals surface area contributed by atoms with Gasteiger partial charge in [-0.05, 0) is 0 Å². The van der Waals surface area contributed by atoms with E-state index in [2.05, 4.69) is 0 Å². The van der Waals surface area contributed by atoms with Crippen molar-refractivity contribution in [2.24, 2.45) is 0 Å². The zero-order chi connectivity index (χ0) is 35.9. The van der Waals surface area contributed by atoms with Crippen LogP contribution in [0.2, 0.25) is 0 Å². The Morgan fingerprint density at radius 2 is 0.667 bits per heavy atom. The normalized spacial score (nSPS) is 10.4. The molecule has 3 aromatic carbocycles. The minimum atomic E-state index is -1.90. The average Bonchev–Trinajstić information content (AvgIpc) is 3.04. The first-order valence-electron chi connectivity index (χ1n) is 12.3. The molecule has 0 saturated carbocycles. The van der Waals surface area contributed by atoms with Crippen molar-refractivity contribution in [1.29, 1.82) is 0 Å². The second-order valence-corrected chi connectivity index (χ2v) is 8.98. The maximum atomic E-state index is 12.9. The lowest BCUT2D eigenvalue weighted by Gasteiger charge is -2.18. The van der Waals surface area contributed by atoms with Crippen molar-refractivity contribution < 1.29 is 58.1 Å². The molecule has 0 aliphatic carbocycles. The number of hydrogen-bond acceptors (Lipinski definition) is 18. The molecule has 3 rings (SSSR count). The van der Waals surface area contributed by atoms with Gasteiger partial charge in [-0.2, -0.15) is 0 Å². The van der Waals surface area contributed by atoms with Crippen LogP contribution in [0.25, 0.3) is 0 Å². The second-order valence-electron chi connectivity index (χ2n) is 8.98. The van der Waals surface area contributed by atoms with Gasteiger partial charge < -0.3 is 14.2 Å². The van der Waals surface area contributed by atoms with Crippen molar-refractivity contribution in [3.8, 4) is 0 Å². The predicted molar refractivity (Wildman–Crippen MR) is 149 cm³/mol. The second kappa shape index (κ2) is 14.5. The average molecular weight is 674 g/mol. The molecule has 0 bridgehead atoms. The monoisotopic (exact) mass is 674 g/mol. The van der Waals surface area contributed by atoms with Gasteiger partial charge in [0.1, 0.15) is 13.2 Å². The van der Waals surface area contributed by atoms with Crippen LogP contribution in [0.1, 0.15) is 31.1 Å². The maximum absolute atomic E-state index is 12.9. The lowest BCUT2D eigenvalue weighted by atomic mass is 10.1. The summed E-state index contributed by atoms with van der Waals surface area (Å²) in [6.45, 7) is -2.19. The molecule has 0 amide bonds. The smallest absolute Gasteiger partial charge is 0.339 e. The summed E-state index contributed by atoms with van der Waals surface area (Å²) < 4.78 is 14.9. The summed E-state index contributed by atoms with van der Waals surface area (Å²) in [7, 11) is 0. The Balaban J connectivity index is 1.93. The molecule has 0 atom stereocenters. The molecule has 0 aromatic heterocycles. The number of carbonyl (C=O) groups is 3. The predicted octanol–water partition coefficient (Wildman–Crippen LogP) is 3.38. The third-order valence-electron chi connectivity index (χ3n) is 5.75. The van der Waals surface area contributed by atoms with E-state index in [1.54, 1.807) is 0 Å². The molecular formula is C24H14N6O18. The number of benzene rings is 3. The van der Waals surface area contributed by atoms with Crippen LogP contribution in [0.15, 0.2) is 54.6 Å². The summed E-state index contributed by atoms with van der Waals surface area (Å²) >= 11 is 0. The lowest BCUT2D eigenvalue weighted by molar-refractivity contribution is -0.394. The molecule has 24 nitrogen and oxygen atoms in total. The quantitative estimate of drug-likeness (QED) is 0.102. The van der Waals surface area contributed by atoms with Crippen molar-refractivity contribution in [3.05, 3.63) is 132 Å². The van der Waals surface area contributed by atoms with Crippen molar-refractivity contribution in [3.63, 3.8) is 0 Å². The zero-order valence-corrected chi connectivity index (χ0v) is 23.2. The lowest BCUT2D eigenvalue weighted by Crippen LogP contribution is -2.31. The van der Waals surface area contributed by atoms with Crippen molar-refractivity contribution in [1.82, 2.24) is 0 Å². The number of hydrogen-bond donors (Lipinski definition) is 0. The minimum absolute atomic E-state index is 0.522. The van der Waals surface area contributed by atoms with E-state index < -0.39 is 118 Å². The highest BCUT2D eigenvalue weighted by molar-refractivity contribution is 5.93. The minimum Gasteiger partial charge on any atom is -0.458 e. The first-order chi connectivity index (χ1) is 22.5. The summed E-state index contributed by atoms with van der Waals surface area (Å²) in [5.41, 5.74) is -7.58. The molecular weight excluding hydrogens is 660 g/mol. The van der Waals surface area contributed by atoms with Crippen LogP contribution in [0.4, 0.5) is 34.1 Å². The Morgan fingerprint density at radius 3 is 0.896 bits per heavy atom. The summed E-state index contributed by atoms with van der Waals surface area (Å²) in [5.74, 6) is -4.46. The highest BCUT2D eigenvalue weighted by Gasteiger charge is 2.28. The molecule has 0 aliphatic heterocycles. The summed E-state index contributed by atoms with van der Waals surface area (Å²) in [6, 6.07) is 5.18. The van der Waals surface area contributed by atoms with E-state index in [0.29, 0.717) is 54.6 Å². The molecule has 0 fully saturated rings. The van der Waals surface area contributed by atoms with Gasteiger partial charge in [0.05, 0.1) is 64.4 Å². The fourth-order valence-electron chi connectivity index (χ4n) is 3.61. The van der Waals surface area contributed by atoms with Crippen LogP contribution in [0.3, 0.4) is 0 Å². The number of nitro benzene ring substituents is 6. The first kappa shape index (κ1) is 35.0. The molecule has 248 valence electrons. The van der Waals surface area contributed by atoms with E-state index in [1.165, 1.54) is 0 Å². The summed E-state index contributed by atoms with van der Waals surface area (Å²) in [4.78, 5) is 98.9. The molecule has 0 saturated heterocycles. The van der Waals surface area contributed by atoms with Gasteiger partial charge in [0.15, 0.2) is 6.10 Å². The zero-order valence-electron chi connectivity index (χ0n) is 23.2. The van der Waals surface area contributed by atoms with E-state index in [9.17, 15) is 75.1 Å². The van der Waals surface area contributed by atoms with E-state index in [-0.39, 0.29) is 0 Å². The van der Waals surface area contributed by atoms with Gasteiger partial charge in [-0.15, -0.1) is 0 Å². The van der Waals surface area contributed by atoms with Crippen molar-refractivity contribution in [2.75, 3.05) is 13.2 Å². The van der Waals surface area contributed by atoms with E-state index in [0.717, 1.165) is 0 Å². The van der Waals surface area contributed by atoms with Gasteiger partial charge in [-0.25, -0.2) is 14.4 Å². The van der Waals surface area contributed by atoms with Gasteiger partial charge in [-0.1, -0.05) is 0 Å². The standard InChI is InChI=1S/C24H14N6O18/c31-22(12-1-15(25(34)35)7-16(2-12)26(36)37)46-10-21(48-24(33)14-5-19(29(42)43)9-20(6-14)30(44)45)11-47-23(32)13-3-17(27(38)39)8-18(4-13)28(40)41/h1-9,21H,10-11H2. The van der Waals surface area contributed by atoms with Crippen molar-refractivity contribution >= 4 is 52.0 Å². The number of ether oxygens (including phenoxy) is 3. The van der Waals surface area contributed by atoms with Crippen LogP contribution >= 0.6 is 0 Å². The van der Waals surface area contributed by atoms with E-state index >= 15 is 0 Å². The van der Waals surface area contributed by atoms with Gasteiger partial charge in [0.25, 0.3) is 34.1 Å². The van der Waals surface area contributed by atoms with Crippen LogP contribution in [-0.4, -0.2) is 66.8 Å². The largest absolute Gasteiger partial charge is 0.458 e. The maximum Gasteiger partial charge on any atom is 0.339 e. The number of nitro groups is 6. The summed E-state index contributed by atoms with van der Waals surface area (Å²) in [5, 5.41) is 67.0. The molecule has 0 radical (unpaired) electrons. The van der Waals surface area contributed by atoms with Crippen LogP contribution < -0.4 is 0 Å². The molecule has 0 N–H and O–H groups in total. The Hall–Kier alpha value is -7.53. The molecule has 0 unspecified atom stereocenters. The number of non-ortho nitro benzene ring substituents is 6. The third-order valence-corrected chi connectivity index (χ3v) is 5.75. The van der Waals surface area contributed by atoms with Crippen LogP contribution in [0.5, 0.6) is 0 Å². The number of esters is 3. The fourth-order valence-corrected chi connectivity index (χ4v) is 3.61. The van der Waals surface area contributed by atoms with Gasteiger partial charge in [0.2, 0.25) is 0 Å². The van der Waals surface area contributed by atoms with Gasteiger partial charge >= 0.3 is 17.9 Å². The Labute approximate surface area is 261 Å². The first-order valence-corrected chi connectivity index (χ1v) is 12.3. The highest BCUT2D eigenvalue weighted by atomic mass is 16.7. The molecule has 0 aliphatic rings. The summed E-state index contributed by atoms with van der Waals surface area (Å²) in [6.07, 6.45) is -1.90. The van der Waals surface area contributed by atoms with E-state index in [1.807, 2.05) is 0 Å². The van der Waals surface area contributed by atoms with Gasteiger partial charge in [-0.3, -0.25) is 60.7 Å². The Kier molecular flexibility index (Phi) is 10.6. The third kappa shape index (κ3) is 8.77. The fraction of sp³-hybridized carbons (Fsp3) is 0.125. The number of carbonyl (C=O) groups excluding carboxylic acids is 3. The molecule has 24 heteroatoms. The number of nitrogens with zero attached hydrogens (tertiary/aromatic N) is 6. The number of rotatable bonds is 14. The molecule has 3 aromatic rings. The Morgan fingerprint density at radius 1 is 0.438 bits per heavy atom. The topological polar surface area (TPSA) is 338 Å². The molecule has 48 heavy (non-hydrogen) atoms. The van der Waals surface area contributed by atoms with Crippen LogP contribution in [-0.2, 0) is 14.2 Å². The molecule has 0 heterocycles. The van der Waals surface area contributed by atoms with Crippen molar-refractivity contribution in [2.45, 2.75) is 6.10 Å². The Bertz CT molecular complexity index is 1720. The SMILES string of the molecule is O=C(OCC(COC(=O)c1cc([N+](=O)[O-])cc([N+](=O)[O-])c1)OC(=O)c1cc([N+](=O)[O-])cc([N+](=O)[O-])c1)c1cc([N+](=O)[O-])cc([N+](=O)[O-])c1.